The first-order chi connectivity index (χ1) is 11.7. The van der Waals surface area contributed by atoms with Gasteiger partial charge in [0.15, 0.2) is 0 Å². The molecular weight excluding hydrogens is 302 g/mol. The number of carbonyl (C=O) groups excluding carboxylic acids is 1. The molecule has 0 aliphatic carbocycles. The number of pyridine rings is 2. The molecule has 0 atom stereocenters. The molecule has 24 heavy (non-hydrogen) atoms. The van der Waals surface area contributed by atoms with Gasteiger partial charge in [-0.3, -0.25) is 5.32 Å². The van der Waals surface area contributed by atoms with Gasteiger partial charge in [-0.25, -0.2) is 14.8 Å². The second kappa shape index (κ2) is 6.95. The molecule has 2 aromatic heterocycles. The first-order valence-corrected chi connectivity index (χ1v) is 7.80. The Morgan fingerprint density at radius 2 is 1.96 bits per heavy atom. The molecule has 122 valence electrons. The molecule has 2 heterocycles. The van der Waals surface area contributed by atoms with E-state index in [1.54, 1.807) is 6.20 Å². The van der Waals surface area contributed by atoms with Crippen LogP contribution in [0.1, 0.15) is 12.6 Å². The molecule has 0 spiro atoms. The Kier molecular flexibility index (Phi) is 4.56. The minimum Gasteiger partial charge on any atom is -0.340 e. The Hall–Kier alpha value is -3.15. The summed E-state index contributed by atoms with van der Waals surface area (Å²) in [6, 6.07) is 13.3. The van der Waals surface area contributed by atoms with E-state index in [0.29, 0.717) is 12.4 Å². The third kappa shape index (κ3) is 3.60. The topological polar surface area (TPSA) is 78.9 Å². The fourth-order valence-electron chi connectivity index (χ4n) is 2.42. The number of hydrogen-bond donors (Lipinski definition) is 3. The van der Waals surface area contributed by atoms with Crippen LogP contribution < -0.4 is 16.0 Å². The number of aryl methyl sites for hydroxylation is 1. The third-order valence-electron chi connectivity index (χ3n) is 3.49. The van der Waals surface area contributed by atoms with Gasteiger partial charge in [-0.05, 0) is 43.5 Å². The molecule has 0 unspecified atom stereocenters. The normalized spacial score (nSPS) is 10.4. The monoisotopic (exact) mass is 321 g/mol. The van der Waals surface area contributed by atoms with Crippen molar-refractivity contribution in [2.24, 2.45) is 0 Å². The van der Waals surface area contributed by atoms with Gasteiger partial charge in [0.1, 0.15) is 11.6 Å². The molecule has 0 aliphatic heterocycles. The minimum atomic E-state index is -0.261. The van der Waals surface area contributed by atoms with E-state index in [4.69, 9.17) is 0 Å². The molecule has 6 nitrogen and oxygen atoms in total. The smallest absolute Gasteiger partial charge is 0.320 e. The van der Waals surface area contributed by atoms with Crippen LogP contribution >= 0.6 is 0 Å². The number of aromatic nitrogens is 2. The van der Waals surface area contributed by atoms with E-state index in [9.17, 15) is 4.79 Å². The average molecular weight is 321 g/mol. The number of nitrogens with one attached hydrogen (secondary N) is 3. The van der Waals surface area contributed by atoms with Crippen LogP contribution in [0.15, 0.2) is 48.7 Å². The van der Waals surface area contributed by atoms with Gasteiger partial charge in [-0.1, -0.05) is 18.2 Å². The fourth-order valence-corrected chi connectivity index (χ4v) is 2.42. The summed E-state index contributed by atoms with van der Waals surface area (Å²) in [6.45, 7) is 4.39. The van der Waals surface area contributed by atoms with Gasteiger partial charge in [0.25, 0.3) is 0 Å². The number of urea groups is 1. The molecule has 0 saturated carbocycles. The van der Waals surface area contributed by atoms with E-state index in [1.807, 2.05) is 56.3 Å². The number of amides is 2. The number of benzene rings is 1. The van der Waals surface area contributed by atoms with Crippen LogP contribution in [0.3, 0.4) is 0 Å². The van der Waals surface area contributed by atoms with E-state index in [0.717, 1.165) is 28.0 Å². The first kappa shape index (κ1) is 15.7. The summed E-state index contributed by atoms with van der Waals surface area (Å²) in [7, 11) is 0. The quantitative estimate of drug-likeness (QED) is 0.682. The van der Waals surface area contributed by atoms with Crippen molar-refractivity contribution in [3.05, 3.63) is 54.4 Å². The summed E-state index contributed by atoms with van der Waals surface area (Å²) < 4.78 is 0. The molecule has 0 bridgehead atoms. The lowest BCUT2D eigenvalue weighted by Gasteiger charge is -2.11. The SMILES string of the molecule is CCNC(=O)Nc1cc2cccc(Nc3cccc(C)n3)c2cn1. The summed E-state index contributed by atoms with van der Waals surface area (Å²) in [5, 5.41) is 10.7. The molecule has 0 aliphatic rings. The molecule has 3 N–H and O–H groups in total. The molecular formula is C18H19N5O. The summed E-state index contributed by atoms with van der Waals surface area (Å²) in [5.41, 5.74) is 1.87. The largest absolute Gasteiger partial charge is 0.340 e. The van der Waals surface area contributed by atoms with Crippen LogP contribution in [0.5, 0.6) is 0 Å². The average Bonchev–Trinajstić information content (AvgIpc) is 2.55. The Bertz CT molecular complexity index is 878. The van der Waals surface area contributed by atoms with Gasteiger partial charge in [-0.2, -0.15) is 0 Å². The summed E-state index contributed by atoms with van der Waals surface area (Å²) in [4.78, 5) is 20.4. The zero-order valence-corrected chi connectivity index (χ0v) is 13.6. The molecule has 0 fully saturated rings. The maximum absolute atomic E-state index is 11.6. The number of anilines is 3. The lowest BCUT2D eigenvalue weighted by atomic mass is 10.1. The van der Waals surface area contributed by atoms with Crippen molar-refractivity contribution >= 4 is 34.1 Å². The highest BCUT2D eigenvalue weighted by Gasteiger charge is 2.06. The Morgan fingerprint density at radius 3 is 2.75 bits per heavy atom. The number of fused-ring (bicyclic) bond motifs is 1. The van der Waals surface area contributed by atoms with Gasteiger partial charge < -0.3 is 10.6 Å². The Labute approximate surface area is 140 Å². The highest BCUT2D eigenvalue weighted by atomic mass is 16.2. The van der Waals surface area contributed by atoms with Gasteiger partial charge in [0.05, 0.1) is 0 Å². The van der Waals surface area contributed by atoms with Crippen LogP contribution in [0.25, 0.3) is 10.8 Å². The first-order valence-electron chi connectivity index (χ1n) is 7.80. The third-order valence-corrected chi connectivity index (χ3v) is 3.49. The highest BCUT2D eigenvalue weighted by molar-refractivity contribution is 5.97. The molecule has 2 amide bonds. The van der Waals surface area contributed by atoms with Crippen LogP contribution in [0, 0.1) is 6.92 Å². The Balaban J connectivity index is 1.89. The predicted molar refractivity (Wildman–Crippen MR) is 96.7 cm³/mol. The van der Waals surface area contributed by atoms with Gasteiger partial charge in [-0.15, -0.1) is 0 Å². The van der Waals surface area contributed by atoms with Crippen LogP contribution in [0.4, 0.5) is 22.1 Å². The number of rotatable bonds is 4. The van der Waals surface area contributed by atoms with Crippen molar-refractivity contribution in [2.45, 2.75) is 13.8 Å². The second-order valence-electron chi connectivity index (χ2n) is 5.37. The van der Waals surface area contributed by atoms with Crippen molar-refractivity contribution in [2.75, 3.05) is 17.2 Å². The van der Waals surface area contributed by atoms with E-state index < -0.39 is 0 Å². The molecule has 3 aromatic rings. The zero-order chi connectivity index (χ0) is 16.9. The molecule has 6 heteroatoms. The van der Waals surface area contributed by atoms with Gasteiger partial charge in [0, 0.05) is 29.5 Å². The molecule has 1 aromatic carbocycles. The van der Waals surface area contributed by atoms with Crippen molar-refractivity contribution < 1.29 is 4.79 Å². The second-order valence-corrected chi connectivity index (χ2v) is 5.37. The predicted octanol–water partition coefficient (Wildman–Crippen LogP) is 3.82. The molecule has 0 saturated heterocycles. The number of carbonyl (C=O) groups is 1. The standard InChI is InChI=1S/C18H19N5O/c1-3-19-18(24)23-17-10-13-7-5-8-15(14(13)11-20-17)22-16-9-4-6-12(2)21-16/h4-11H,3H2,1-2H3,(H,21,22)(H2,19,20,23,24). The van der Waals surface area contributed by atoms with Crippen molar-refractivity contribution in [3.8, 4) is 0 Å². The van der Waals surface area contributed by atoms with Gasteiger partial charge in [0.2, 0.25) is 0 Å². The van der Waals surface area contributed by atoms with Crippen LogP contribution in [-0.4, -0.2) is 22.5 Å². The number of nitrogens with zero attached hydrogens (tertiary/aromatic N) is 2. The number of hydrogen-bond acceptors (Lipinski definition) is 4. The zero-order valence-electron chi connectivity index (χ0n) is 13.6. The summed E-state index contributed by atoms with van der Waals surface area (Å²) >= 11 is 0. The van der Waals surface area contributed by atoms with E-state index >= 15 is 0 Å². The minimum absolute atomic E-state index is 0.261. The van der Waals surface area contributed by atoms with Crippen molar-refractivity contribution in [1.82, 2.24) is 15.3 Å². The summed E-state index contributed by atoms with van der Waals surface area (Å²) in [6.07, 6.45) is 1.75. The Morgan fingerprint density at radius 1 is 1.12 bits per heavy atom. The van der Waals surface area contributed by atoms with Crippen LogP contribution in [0.2, 0.25) is 0 Å². The molecule has 3 rings (SSSR count). The van der Waals surface area contributed by atoms with E-state index in [1.165, 1.54) is 0 Å². The maximum Gasteiger partial charge on any atom is 0.320 e. The van der Waals surface area contributed by atoms with Crippen LogP contribution in [-0.2, 0) is 0 Å². The highest BCUT2D eigenvalue weighted by Crippen LogP contribution is 2.26. The van der Waals surface area contributed by atoms with E-state index in [-0.39, 0.29) is 6.03 Å². The van der Waals surface area contributed by atoms with E-state index in [2.05, 4.69) is 25.9 Å². The van der Waals surface area contributed by atoms with Crippen molar-refractivity contribution in [1.29, 1.82) is 0 Å². The summed E-state index contributed by atoms with van der Waals surface area (Å²) in [5.74, 6) is 1.30. The van der Waals surface area contributed by atoms with Crippen molar-refractivity contribution in [3.63, 3.8) is 0 Å². The lowest BCUT2D eigenvalue weighted by molar-refractivity contribution is 0.252. The fraction of sp³-hybridized carbons (Fsp3) is 0.167. The lowest BCUT2D eigenvalue weighted by Crippen LogP contribution is -2.28. The molecule has 0 radical (unpaired) electrons. The van der Waals surface area contributed by atoms with Gasteiger partial charge >= 0.3 is 6.03 Å². The maximum atomic E-state index is 11.6.